The molecule has 3 fully saturated rings. The number of hydrogen-bond acceptors (Lipinski definition) is 3. The van der Waals surface area contributed by atoms with Gasteiger partial charge in [0.05, 0.1) is 16.6 Å². The van der Waals surface area contributed by atoms with E-state index in [9.17, 15) is 0 Å². The van der Waals surface area contributed by atoms with Gasteiger partial charge in [-0.1, -0.05) is 63.5 Å². The Hall–Kier alpha value is -1.39. The van der Waals surface area contributed by atoms with Gasteiger partial charge < -0.3 is 15.2 Å². The van der Waals surface area contributed by atoms with Crippen molar-refractivity contribution >= 4 is 11.0 Å². The number of imidazole rings is 1. The smallest absolute Gasteiger partial charge is 0.130 e. The highest BCUT2D eigenvalue weighted by Crippen LogP contribution is 2.39. The van der Waals surface area contributed by atoms with Crippen molar-refractivity contribution in [2.75, 3.05) is 19.6 Å². The van der Waals surface area contributed by atoms with E-state index in [1.54, 1.807) is 0 Å². The van der Waals surface area contributed by atoms with E-state index in [1.807, 2.05) is 0 Å². The molecule has 2 saturated carbocycles. The Morgan fingerprint density at radius 1 is 0.839 bits per heavy atom. The average molecular weight is 423 g/mol. The van der Waals surface area contributed by atoms with E-state index in [0.29, 0.717) is 6.04 Å². The molecule has 2 heterocycles. The lowest BCUT2D eigenvalue weighted by Gasteiger charge is -2.39. The van der Waals surface area contributed by atoms with E-state index < -0.39 is 0 Å². The van der Waals surface area contributed by atoms with Crippen molar-refractivity contribution in [3.8, 4) is 0 Å². The van der Waals surface area contributed by atoms with Crippen LogP contribution in [0.4, 0.5) is 0 Å². The van der Waals surface area contributed by atoms with E-state index >= 15 is 0 Å². The number of nitrogens with zero attached hydrogens (tertiary/aromatic N) is 3. The molecule has 0 spiro atoms. The monoisotopic (exact) mass is 422 g/mol. The third-order valence-electron chi connectivity index (χ3n) is 8.45. The summed E-state index contributed by atoms with van der Waals surface area (Å²) in [5.41, 5.74) is 9.22. The predicted octanol–water partition coefficient (Wildman–Crippen LogP) is 6.15. The molecule has 4 nitrogen and oxygen atoms in total. The van der Waals surface area contributed by atoms with Crippen LogP contribution in [0.15, 0.2) is 24.3 Å². The maximum absolute atomic E-state index is 7.04. The summed E-state index contributed by atoms with van der Waals surface area (Å²) in [5.74, 6) is 2.10. The summed E-state index contributed by atoms with van der Waals surface area (Å²) < 4.78 is 2.58. The van der Waals surface area contributed by atoms with Gasteiger partial charge >= 0.3 is 0 Å². The Bertz CT molecular complexity index is 834. The van der Waals surface area contributed by atoms with Crippen LogP contribution in [0.2, 0.25) is 0 Å². The highest BCUT2D eigenvalue weighted by Gasteiger charge is 2.37. The predicted molar refractivity (Wildman–Crippen MR) is 129 cm³/mol. The second kappa shape index (κ2) is 9.62. The summed E-state index contributed by atoms with van der Waals surface area (Å²) in [5, 5.41) is 0. The molecule has 5 rings (SSSR count). The number of benzene rings is 1. The number of aromatic nitrogens is 2. The lowest BCUT2D eigenvalue weighted by molar-refractivity contribution is 0.148. The van der Waals surface area contributed by atoms with Crippen LogP contribution >= 0.6 is 0 Å². The number of nitrogens with two attached hydrogens (primary N) is 1. The minimum atomic E-state index is -0.243. The standard InChI is InChI=1S/C27H42N4/c28-27(17-9-4-10-18-27)26-29-24-13-7-8-14-25(24)31(26)23-15-19-30(20-16-23)21-22-11-5-2-1-3-6-12-22/h7-8,13-14,22-23H,1-6,9-12,15-21,28H2. The maximum Gasteiger partial charge on any atom is 0.130 e. The molecule has 2 N–H and O–H groups in total. The fourth-order valence-electron chi connectivity index (χ4n) is 6.62. The summed E-state index contributed by atoms with van der Waals surface area (Å²) in [6.07, 6.45) is 18.6. The number of rotatable bonds is 4. The zero-order valence-corrected chi connectivity index (χ0v) is 19.4. The molecule has 0 bridgehead atoms. The summed E-state index contributed by atoms with van der Waals surface area (Å²) in [4.78, 5) is 7.90. The van der Waals surface area contributed by atoms with Crippen molar-refractivity contribution in [1.82, 2.24) is 14.5 Å². The average Bonchev–Trinajstić information content (AvgIpc) is 3.17. The first kappa shape index (κ1) is 21.5. The van der Waals surface area contributed by atoms with Gasteiger partial charge in [0.2, 0.25) is 0 Å². The summed E-state index contributed by atoms with van der Waals surface area (Å²) in [6.45, 7) is 3.78. The number of piperidine rings is 1. The van der Waals surface area contributed by atoms with E-state index in [-0.39, 0.29) is 5.54 Å². The van der Waals surface area contributed by atoms with Crippen LogP contribution in [0, 0.1) is 5.92 Å². The third-order valence-corrected chi connectivity index (χ3v) is 8.45. The molecule has 0 atom stereocenters. The molecule has 1 saturated heterocycles. The van der Waals surface area contributed by atoms with E-state index in [2.05, 4.69) is 33.7 Å². The first-order valence-electron chi connectivity index (χ1n) is 13.2. The van der Waals surface area contributed by atoms with Crippen LogP contribution in [0.3, 0.4) is 0 Å². The van der Waals surface area contributed by atoms with Crippen molar-refractivity contribution in [3.63, 3.8) is 0 Å². The van der Waals surface area contributed by atoms with E-state index in [4.69, 9.17) is 10.7 Å². The lowest BCUT2D eigenvalue weighted by atomic mass is 9.81. The topological polar surface area (TPSA) is 47.1 Å². The molecule has 1 aliphatic heterocycles. The van der Waals surface area contributed by atoms with E-state index in [1.165, 1.54) is 108 Å². The molecule has 1 aromatic carbocycles. The van der Waals surface area contributed by atoms with Crippen molar-refractivity contribution < 1.29 is 0 Å². The molecule has 170 valence electrons. The normalized spacial score (nSPS) is 24.8. The van der Waals surface area contributed by atoms with Crippen LogP contribution in [0.5, 0.6) is 0 Å². The Kier molecular flexibility index (Phi) is 6.66. The van der Waals surface area contributed by atoms with Gasteiger partial charge in [-0.2, -0.15) is 0 Å². The van der Waals surface area contributed by atoms with Crippen LogP contribution in [-0.4, -0.2) is 34.1 Å². The van der Waals surface area contributed by atoms with Gasteiger partial charge in [-0.25, -0.2) is 4.98 Å². The molecule has 3 aliphatic rings. The molecular formula is C27H42N4. The second-order valence-electron chi connectivity index (χ2n) is 10.8. The van der Waals surface area contributed by atoms with Gasteiger partial charge in [-0.05, 0) is 56.6 Å². The molecule has 2 aromatic rings. The molecule has 0 amide bonds. The zero-order valence-electron chi connectivity index (χ0n) is 19.4. The quantitative estimate of drug-likeness (QED) is 0.642. The first-order chi connectivity index (χ1) is 15.2. The molecule has 1 aromatic heterocycles. The largest absolute Gasteiger partial charge is 0.323 e. The van der Waals surface area contributed by atoms with E-state index in [0.717, 1.165) is 24.3 Å². The highest BCUT2D eigenvalue weighted by atomic mass is 15.2. The Morgan fingerprint density at radius 2 is 1.48 bits per heavy atom. The lowest BCUT2D eigenvalue weighted by Crippen LogP contribution is -2.43. The maximum atomic E-state index is 7.04. The summed E-state index contributed by atoms with van der Waals surface area (Å²) >= 11 is 0. The van der Waals surface area contributed by atoms with Crippen molar-refractivity contribution in [2.45, 2.75) is 101 Å². The highest BCUT2D eigenvalue weighted by molar-refractivity contribution is 5.76. The summed E-state index contributed by atoms with van der Waals surface area (Å²) in [6, 6.07) is 9.26. The van der Waals surface area contributed by atoms with Gasteiger partial charge in [0.1, 0.15) is 5.82 Å². The number of hydrogen-bond donors (Lipinski definition) is 1. The van der Waals surface area contributed by atoms with Crippen LogP contribution in [-0.2, 0) is 5.54 Å². The number of likely N-dealkylation sites (tertiary alicyclic amines) is 1. The molecular weight excluding hydrogens is 380 g/mol. The first-order valence-corrected chi connectivity index (χ1v) is 13.2. The van der Waals surface area contributed by atoms with Crippen LogP contribution < -0.4 is 5.73 Å². The van der Waals surface area contributed by atoms with Crippen molar-refractivity contribution in [2.24, 2.45) is 11.7 Å². The second-order valence-corrected chi connectivity index (χ2v) is 10.8. The fourth-order valence-corrected chi connectivity index (χ4v) is 6.62. The zero-order chi connectivity index (χ0) is 21.1. The number of fused-ring (bicyclic) bond motifs is 1. The Balaban J connectivity index is 1.32. The molecule has 0 unspecified atom stereocenters. The van der Waals surface area contributed by atoms with Crippen LogP contribution in [0.1, 0.15) is 102 Å². The molecule has 2 aliphatic carbocycles. The minimum absolute atomic E-state index is 0.243. The van der Waals surface area contributed by atoms with Gasteiger partial charge in [0.15, 0.2) is 0 Å². The van der Waals surface area contributed by atoms with Gasteiger partial charge in [-0.3, -0.25) is 0 Å². The van der Waals surface area contributed by atoms with Gasteiger partial charge in [0, 0.05) is 25.7 Å². The molecule has 0 radical (unpaired) electrons. The van der Waals surface area contributed by atoms with Gasteiger partial charge in [0.25, 0.3) is 0 Å². The molecule has 4 heteroatoms. The minimum Gasteiger partial charge on any atom is -0.323 e. The summed E-state index contributed by atoms with van der Waals surface area (Å²) in [7, 11) is 0. The SMILES string of the molecule is NC1(c2nc3ccccc3n2C2CCN(CC3CCCCCCC3)CC2)CCCCC1. The van der Waals surface area contributed by atoms with Crippen molar-refractivity contribution in [3.05, 3.63) is 30.1 Å². The Morgan fingerprint density at radius 3 is 2.23 bits per heavy atom. The Labute approximate surface area is 188 Å². The molecule has 31 heavy (non-hydrogen) atoms. The fraction of sp³-hybridized carbons (Fsp3) is 0.741. The van der Waals surface area contributed by atoms with Gasteiger partial charge in [-0.15, -0.1) is 0 Å². The third kappa shape index (κ3) is 4.71. The van der Waals surface area contributed by atoms with Crippen LogP contribution in [0.25, 0.3) is 11.0 Å². The number of para-hydroxylation sites is 2. The van der Waals surface area contributed by atoms with Crippen molar-refractivity contribution in [1.29, 1.82) is 0 Å².